The first-order chi connectivity index (χ1) is 17.1. The summed E-state index contributed by atoms with van der Waals surface area (Å²) < 4.78 is 0. The predicted octanol–water partition coefficient (Wildman–Crippen LogP) is 3.45. The van der Waals surface area contributed by atoms with Crippen LogP contribution in [0, 0.1) is 5.92 Å². The third kappa shape index (κ3) is 4.19. The fraction of sp³-hybridized carbons (Fsp3) is 0.222. The quantitative estimate of drug-likeness (QED) is 0.488. The van der Waals surface area contributed by atoms with E-state index in [0.717, 1.165) is 27.8 Å². The Morgan fingerprint density at radius 3 is 2.57 bits per heavy atom. The Morgan fingerprint density at radius 2 is 1.77 bits per heavy atom. The highest BCUT2D eigenvalue weighted by Crippen LogP contribution is 2.31. The molecule has 0 saturated carbocycles. The summed E-state index contributed by atoms with van der Waals surface area (Å²) in [6.45, 7) is 1.86. The molecule has 2 aromatic heterocycles. The number of rotatable bonds is 5. The van der Waals surface area contributed by atoms with Crippen LogP contribution in [0.4, 0.5) is 0 Å². The van der Waals surface area contributed by atoms with Crippen LogP contribution in [0.3, 0.4) is 0 Å². The van der Waals surface area contributed by atoms with Crippen molar-refractivity contribution in [1.29, 1.82) is 0 Å². The number of amides is 2. The number of nitrogens with zero attached hydrogens (tertiary/aromatic N) is 5. The molecule has 35 heavy (non-hydrogen) atoms. The molecule has 2 aliphatic rings. The van der Waals surface area contributed by atoms with E-state index >= 15 is 0 Å². The van der Waals surface area contributed by atoms with E-state index in [4.69, 9.17) is 0 Å². The summed E-state index contributed by atoms with van der Waals surface area (Å²) in [5.74, 6) is 0.316. The number of likely N-dealkylation sites (tertiary alicyclic amines) is 1. The summed E-state index contributed by atoms with van der Waals surface area (Å²) in [6, 6.07) is 17.7. The molecule has 4 heterocycles. The number of fused-ring (bicyclic) bond motifs is 2. The maximum absolute atomic E-state index is 13.0. The summed E-state index contributed by atoms with van der Waals surface area (Å²) in [6.07, 6.45) is 6.69. The van der Waals surface area contributed by atoms with Crippen LogP contribution in [-0.2, 0) is 11.2 Å². The lowest BCUT2D eigenvalue weighted by Gasteiger charge is -2.20. The van der Waals surface area contributed by atoms with Crippen LogP contribution in [0.5, 0.6) is 0 Å². The van der Waals surface area contributed by atoms with E-state index in [1.165, 1.54) is 0 Å². The van der Waals surface area contributed by atoms with Crippen molar-refractivity contribution in [2.75, 3.05) is 19.6 Å². The van der Waals surface area contributed by atoms with Gasteiger partial charge in [-0.15, -0.1) is 5.10 Å². The number of hydrogen-bond acceptors (Lipinski definition) is 5. The molecule has 8 nitrogen and oxygen atoms in total. The summed E-state index contributed by atoms with van der Waals surface area (Å²) >= 11 is 0. The summed E-state index contributed by atoms with van der Waals surface area (Å²) in [4.78, 5) is 33.6. The fourth-order valence-electron chi connectivity index (χ4n) is 4.90. The highest BCUT2D eigenvalue weighted by Gasteiger charge is 2.37. The number of carbonyl (C=O) groups excluding carboxylic acids is 2. The lowest BCUT2D eigenvalue weighted by Crippen LogP contribution is -2.33. The van der Waals surface area contributed by atoms with Gasteiger partial charge in [0.15, 0.2) is 0 Å². The van der Waals surface area contributed by atoms with Crippen molar-refractivity contribution in [1.82, 2.24) is 30.2 Å². The van der Waals surface area contributed by atoms with Gasteiger partial charge in [-0.3, -0.25) is 19.7 Å². The van der Waals surface area contributed by atoms with Crippen LogP contribution in [0.1, 0.15) is 22.3 Å². The van der Waals surface area contributed by atoms with Crippen molar-refractivity contribution in [3.63, 3.8) is 0 Å². The molecule has 4 aromatic rings. The molecule has 1 N–H and O–H groups in total. The second-order valence-electron chi connectivity index (χ2n) is 9.11. The standard InChI is InChI=1S/C27H24N6O2/c34-26(8-3-18-1-4-19(5-2-18)20-9-11-28-12-10-20)32-14-22-16-33(17-23(22)15-32)27(35)21-6-7-24-25(13-21)30-31-29-24/h1-2,4-7,9-13,16,23H,3,8,14-15,17H2,(H,29,30,31)/t23-/m1/s1. The van der Waals surface area contributed by atoms with Gasteiger partial charge in [0.2, 0.25) is 5.91 Å². The summed E-state index contributed by atoms with van der Waals surface area (Å²) in [5.41, 5.74) is 6.63. The maximum Gasteiger partial charge on any atom is 0.257 e. The summed E-state index contributed by atoms with van der Waals surface area (Å²) in [7, 11) is 0. The van der Waals surface area contributed by atoms with Gasteiger partial charge in [-0.1, -0.05) is 29.5 Å². The zero-order valence-electron chi connectivity index (χ0n) is 19.1. The Hall–Kier alpha value is -4.33. The topological polar surface area (TPSA) is 95.1 Å². The van der Waals surface area contributed by atoms with Gasteiger partial charge in [0.05, 0.1) is 5.52 Å². The van der Waals surface area contributed by atoms with Gasteiger partial charge in [0.25, 0.3) is 5.91 Å². The van der Waals surface area contributed by atoms with Gasteiger partial charge in [-0.25, -0.2) is 0 Å². The molecule has 1 saturated heterocycles. The Balaban J connectivity index is 1.04. The van der Waals surface area contributed by atoms with E-state index < -0.39 is 0 Å². The second kappa shape index (κ2) is 8.79. The highest BCUT2D eigenvalue weighted by molar-refractivity contribution is 5.98. The Kier molecular flexibility index (Phi) is 5.33. The minimum atomic E-state index is -0.0510. The molecule has 0 unspecified atom stereocenters. The average molecular weight is 465 g/mol. The van der Waals surface area contributed by atoms with E-state index in [0.29, 0.717) is 43.6 Å². The second-order valence-corrected chi connectivity index (χ2v) is 9.11. The molecule has 2 aromatic carbocycles. The Bertz CT molecular complexity index is 1430. The van der Waals surface area contributed by atoms with Crippen molar-refractivity contribution in [2.24, 2.45) is 5.92 Å². The van der Waals surface area contributed by atoms with Gasteiger partial charge >= 0.3 is 0 Å². The molecule has 0 radical (unpaired) electrons. The fourth-order valence-corrected chi connectivity index (χ4v) is 4.90. The lowest BCUT2D eigenvalue weighted by atomic mass is 10.0. The van der Waals surface area contributed by atoms with Crippen LogP contribution in [-0.4, -0.2) is 61.6 Å². The monoisotopic (exact) mass is 464 g/mol. The zero-order chi connectivity index (χ0) is 23.8. The number of pyridine rings is 1. The van der Waals surface area contributed by atoms with Crippen molar-refractivity contribution in [3.8, 4) is 11.1 Å². The van der Waals surface area contributed by atoms with Crippen molar-refractivity contribution >= 4 is 22.8 Å². The largest absolute Gasteiger partial charge is 0.338 e. The number of aromatic nitrogens is 4. The van der Waals surface area contributed by atoms with E-state index in [-0.39, 0.29) is 17.7 Å². The maximum atomic E-state index is 13.0. The smallest absolute Gasteiger partial charge is 0.257 e. The normalized spacial score (nSPS) is 17.0. The average Bonchev–Trinajstić information content (AvgIpc) is 3.62. The highest BCUT2D eigenvalue weighted by atomic mass is 16.2. The van der Waals surface area contributed by atoms with E-state index in [9.17, 15) is 9.59 Å². The van der Waals surface area contributed by atoms with Gasteiger partial charge < -0.3 is 9.80 Å². The number of H-pyrrole nitrogens is 1. The Labute approximate surface area is 202 Å². The SMILES string of the molecule is O=C(c1ccc2[nH]nnc2c1)N1C=C2CN(C(=O)CCc3ccc(-c4ccncc4)cc3)C[C@@H]2C1. The minimum Gasteiger partial charge on any atom is -0.338 e. The van der Waals surface area contributed by atoms with Crippen molar-refractivity contribution < 1.29 is 9.59 Å². The van der Waals surface area contributed by atoms with Gasteiger partial charge in [0.1, 0.15) is 5.52 Å². The first-order valence-corrected chi connectivity index (χ1v) is 11.7. The van der Waals surface area contributed by atoms with Gasteiger partial charge in [0, 0.05) is 56.1 Å². The van der Waals surface area contributed by atoms with Crippen LogP contribution < -0.4 is 0 Å². The van der Waals surface area contributed by atoms with Crippen molar-refractivity contribution in [2.45, 2.75) is 12.8 Å². The molecule has 2 amide bonds. The number of nitrogens with one attached hydrogen (secondary N) is 1. The molecule has 8 heteroatoms. The molecule has 1 atom stereocenters. The van der Waals surface area contributed by atoms with E-state index in [2.05, 4.69) is 44.7 Å². The number of hydrogen-bond donors (Lipinski definition) is 1. The Morgan fingerprint density at radius 1 is 0.971 bits per heavy atom. The number of aromatic amines is 1. The molecule has 174 valence electrons. The third-order valence-electron chi connectivity index (χ3n) is 6.86. The first-order valence-electron chi connectivity index (χ1n) is 11.7. The lowest BCUT2D eigenvalue weighted by molar-refractivity contribution is -0.130. The van der Waals surface area contributed by atoms with E-state index in [1.807, 2.05) is 29.3 Å². The number of benzene rings is 2. The zero-order valence-corrected chi connectivity index (χ0v) is 19.1. The number of aryl methyl sites for hydroxylation is 1. The molecule has 2 aliphatic heterocycles. The molecule has 0 spiro atoms. The molecule has 0 aliphatic carbocycles. The molecule has 0 bridgehead atoms. The summed E-state index contributed by atoms with van der Waals surface area (Å²) in [5, 5.41) is 10.6. The van der Waals surface area contributed by atoms with Crippen LogP contribution in [0.25, 0.3) is 22.2 Å². The van der Waals surface area contributed by atoms with Crippen LogP contribution in [0.2, 0.25) is 0 Å². The molecular weight excluding hydrogens is 440 g/mol. The minimum absolute atomic E-state index is 0.0510. The first kappa shape index (κ1) is 21.2. The molecular formula is C27H24N6O2. The molecule has 6 rings (SSSR count). The third-order valence-corrected chi connectivity index (χ3v) is 6.86. The van der Waals surface area contributed by atoms with Gasteiger partial charge in [-0.2, -0.15) is 0 Å². The number of carbonyl (C=O) groups is 2. The van der Waals surface area contributed by atoms with Crippen LogP contribution >= 0.6 is 0 Å². The van der Waals surface area contributed by atoms with Crippen molar-refractivity contribution in [3.05, 3.63) is 89.9 Å². The predicted molar refractivity (Wildman–Crippen MR) is 131 cm³/mol. The molecule has 1 fully saturated rings. The van der Waals surface area contributed by atoms with Gasteiger partial charge in [-0.05, 0) is 59.0 Å². The van der Waals surface area contributed by atoms with Crippen LogP contribution in [0.15, 0.2) is 78.8 Å². The van der Waals surface area contributed by atoms with E-state index in [1.54, 1.807) is 29.4 Å².